The van der Waals surface area contributed by atoms with E-state index in [-0.39, 0.29) is 30.9 Å². The van der Waals surface area contributed by atoms with Gasteiger partial charge in [0.15, 0.2) is 0 Å². The molecule has 3 heterocycles. The molecule has 0 aliphatic carbocycles. The quantitative estimate of drug-likeness (QED) is 0.254. The third-order valence-electron chi connectivity index (χ3n) is 9.26. The molecule has 0 saturated carbocycles. The van der Waals surface area contributed by atoms with Gasteiger partial charge >= 0.3 is 0 Å². The summed E-state index contributed by atoms with van der Waals surface area (Å²) in [5.74, 6) is -1.44. The van der Waals surface area contributed by atoms with Crippen molar-refractivity contribution in [3.63, 3.8) is 0 Å². The van der Waals surface area contributed by atoms with E-state index >= 15 is 0 Å². The van der Waals surface area contributed by atoms with Crippen molar-refractivity contribution in [2.75, 3.05) is 37.7 Å². The van der Waals surface area contributed by atoms with E-state index in [0.717, 1.165) is 6.42 Å². The summed E-state index contributed by atoms with van der Waals surface area (Å²) in [6, 6.07) is 6.48. The Morgan fingerprint density at radius 3 is 2.35 bits per heavy atom. The number of nitrogens with zero attached hydrogens (tertiary/aromatic N) is 3. The smallest absolute Gasteiger partial charge is 0.249 e. The lowest BCUT2D eigenvalue weighted by Crippen LogP contribution is -2.60. The van der Waals surface area contributed by atoms with Gasteiger partial charge in [-0.05, 0) is 91.0 Å². The molecule has 1 spiro atoms. The van der Waals surface area contributed by atoms with E-state index < -0.39 is 34.6 Å². The molecular formula is C34H49N3O6. The average Bonchev–Trinajstić information content (AvgIpc) is 3.52. The minimum absolute atomic E-state index is 0.0722. The van der Waals surface area contributed by atoms with Crippen LogP contribution in [0.25, 0.3) is 0 Å². The number of amides is 3. The molecule has 3 amide bonds. The summed E-state index contributed by atoms with van der Waals surface area (Å²) in [4.78, 5) is 48.6. The van der Waals surface area contributed by atoms with Gasteiger partial charge in [-0.2, -0.15) is 0 Å². The monoisotopic (exact) mass is 595 g/mol. The molecule has 3 aliphatic heterocycles. The number of hydrogen-bond acceptors (Lipinski definition) is 6. The van der Waals surface area contributed by atoms with E-state index in [1.54, 1.807) is 26.9 Å². The van der Waals surface area contributed by atoms with Crippen LogP contribution in [0.5, 0.6) is 5.75 Å². The van der Waals surface area contributed by atoms with Crippen molar-refractivity contribution >= 4 is 23.4 Å². The number of hydrogen-bond donors (Lipinski definition) is 1. The fourth-order valence-corrected chi connectivity index (χ4v) is 7.37. The standard InChI is InChI=1S/C34H49N3O6/c1-8-20-35(24-14-16-25(17-15-24)42-10-3)29(39)26-27-30(40)36(22-12-11-13-23-38)28(34(27)19-18-33(26,7)43-34)31(41)37(21-9-2)32(4,5)6/h8-9,14-17,26-28,38H,1-2,10-13,18-23H2,3-7H3/t26-,27+,28?,33+,34?/m1/s1. The molecule has 4 rings (SSSR count). The van der Waals surface area contributed by atoms with Crippen LogP contribution < -0.4 is 9.64 Å². The number of carbonyl (C=O) groups excluding carboxylic acids is 3. The van der Waals surface area contributed by atoms with Crippen LogP contribution in [0.4, 0.5) is 5.69 Å². The Kier molecular flexibility index (Phi) is 9.76. The highest BCUT2D eigenvalue weighted by Gasteiger charge is 2.78. The van der Waals surface area contributed by atoms with Gasteiger partial charge in [-0.25, -0.2) is 0 Å². The zero-order chi connectivity index (χ0) is 31.6. The molecule has 0 radical (unpaired) electrons. The zero-order valence-corrected chi connectivity index (χ0v) is 26.5. The molecule has 1 aromatic carbocycles. The zero-order valence-electron chi connectivity index (χ0n) is 26.5. The van der Waals surface area contributed by atoms with E-state index in [9.17, 15) is 19.5 Å². The number of aliphatic hydroxyl groups excluding tert-OH is 1. The molecule has 1 aromatic rings. The summed E-state index contributed by atoms with van der Waals surface area (Å²) in [7, 11) is 0. The lowest BCUT2D eigenvalue weighted by molar-refractivity contribution is -0.154. The molecular weight excluding hydrogens is 546 g/mol. The van der Waals surface area contributed by atoms with Crippen LogP contribution in [0.2, 0.25) is 0 Å². The van der Waals surface area contributed by atoms with Crippen molar-refractivity contribution in [1.29, 1.82) is 0 Å². The number of aliphatic hydroxyl groups is 1. The molecule has 9 nitrogen and oxygen atoms in total. The van der Waals surface area contributed by atoms with Gasteiger partial charge in [-0.15, -0.1) is 13.2 Å². The van der Waals surface area contributed by atoms with Gasteiger partial charge in [0.05, 0.1) is 24.0 Å². The van der Waals surface area contributed by atoms with Crippen LogP contribution in [0.3, 0.4) is 0 Å². The van der Waals surface area contributed by atoms with Crippen molar-refractivity contribution in [2.24, 2.45) is 11.8 Å². The lowest BCUT2D eigenvalue weighted by atomic mass is 9.66. The molecule has 0 aromatic heterocycles. The van der Waals surface area contributed by atoms with Crippen molar-refractivity contribution in [2.45, 2.75) is 89.5 Å². The molecule has 3 saturated heterocycles. The average molecular weight is 596 g/mol. The molecule has 1 N–H and O–H groups in total. The largest absolute Gasteiger partial charge is 0.494 e. The van der Waals surface area contributed by atoms with Gasteiger partial charge in [0.1, 0.15) is 17.4 Å². The number of likely N-dealkylation sites (tertiary alicyclic amines) is 1. The van der Waals surface area contributed by atoms with Gasteiger partial charge in [-0.3, -0.25) is 14.4 Å². The number of anilines is 1. The second-order valence-electron chi connectivity index (χ2n) is 13.1. The third kappa shape index (κ3) is 5.86. The summed E-state index contributed by atoms with van der Waals surface area (Å²) in [5.41, 5.74) is -1.84. The Labute approximate surface area is 256 Å². The Morgan fingerprint density at radius 1 is 1.09 bits per heavy atom. The van der Waals surface area contributed by atoms with Crippen LogP contribution in [0, 0.1) is 11.8 Å². The van der Waals surface area contributed by atoms with Crippen molar-refractivity contribution in [3.8, 4) is 5.75 Å². The fraction of sp³-hybridized carbons (Fsp3) is 0.618. The molecule has 2 bridgehead atoms. The minimum atomic E-state index is -1.11. The molecule has 43 heavy (non-hydrogen) atoms. The molecule has 236 valence electrons. The molecule has 3 aliphatic rings. The van der Waals surface area contributed by atoms with E-state index in [4.69, 9.17) is 9.47 Å². The normalized spacial score (nSPS) is 27.6. The van der Waals surface area contributed by atoms with Crippen molar-refractivity contribution < 1.29 is 29.0 Å². The number of fused-ring (bicyclic) bond motifs is 1. The lowest BCUT2D eigenvalue weighted by Gasteiger charge is -2.42. The Hall–Kier alpha value is -3.17. The minimum Gasteiger partial charge on any atom is -0.494 e. The number of rotatable bonds is 14. The third-order valence-corrected chi connectivity index (χ3v) is 9.26. The van der Waals surface area contributed by atoms with E-state index in [1.165, 1.54) is 0 Å². The maximum Gasteiger partial charge on any atom is 0.249 e. The number of benzene rings is 1. The number of unbranched alkanes of at least 4 members (excludes halogenated alkanes) is 2. The van der Waals surface area contributed by atoms with Crippen molar-refractivity contribution in [3.05, 3.63) is 49.6 Å². The number of ether oxygens (including phenoxy) is 2. The topological polar surface area (TPSA) is 99.6 Å². The highest BCUT2D eigenvalue weighted by Crippen LogP contribution is 2.63. The summed E-state index contributed by atoms with van der Waals surface area (Å²) in [6.45, 7) is 19.0. The summed E-state index contributed by atoms with van der Waals surface area (Å²) in [5, 5.41) is 9.32. The maximum atomic E-state index is 14.6. The van der Waals surface area contributed by atoms with Crippen LogP contribution in [-0.2, 0) is 19.1 Å². The second kappa shape index (κ2) is 12.8. The van der Waals surface area contributed by atoms with Crippen LogP contribution in [0.1, 0.15) is 66.7 Å². The SMILES string of the molecule is C=CCN(C(=O)[C@H]1[C@H]2C(=O)N(CCCCCO)C(C(=O)N(CC=C)C(C)(C)C)C23CC[C@]1(C)O3)c1ccc(OCC)cc1. The van der Waals surface area contributed by atoms with Crippen LogP contribution in [0.15, 0.2) is 49.6 Å². The van der Waals surface area contributed by atoms with E-state index in [2.05, 4.69) is 13.2 Å². The van der Waals surface area contributed by atoms with Gasteiger partial charge in [0.25, 0.3) is 0 Å². The molecule has 5 atom stereocenters. The van der Waals surface area contributed by atoms with Crippen LogP contribution >= 0.6 is 0 Å². The number of carbonyl (C=O) groups is 3. The summed E-state index contributed by atoms with van der Waals surface area (Å²) >= 11 is 0. The predicted octanol–water partition coefficient (Wildman–Crippen LogP) is 4.34. The van der Waals surface area contributed by atoms with Crippen molar-refractivity contribution in [1.82, 2.24) is 9.80 Å². The Morgan fingerprint density at radius 2 is 1.77 bits per heavy atom. The first kappa shape index (κ1) is 32.7. The molecule has 9 heteroatoms. The summed E-state index contributed by atoms with van der Waals surface area (Å²) < 4.78 is 12.4. The highest BCUT2D eigenvalue weighted by molar-refractivity contribution is 6.03. The first-order chi connectivity index (χ1) is 20.4. The first-order valence-corrected chi connectivity index (χ1v) is 15.6. The Balaban J connectivity index is 1.76. The van der Waals surface area contributed by atoms with Gasteiger partial charge in [-0.1, -0.05) is 12.2 Å². The van der Waals surface area contributed by atoms with Crippen LogP contribution in [-0.4, -0.2) is 88.3 Å². The maximum absolute atomic E-state index is 14.6. The second-order valence-corrected chi connectivity index (χ2v) is 13.1. The summed E-state index contributed by atoms with van der Waals surface area (Å²) in [6.07, 6.45) is 6.44. The highest BCUT2D eigenvalue weighted by atomic mass is 16.5. The van der Waals surface area contributed by atoms with Gasteiger partial charge in [0.2, 0.25) is 17.7 Å². The fourth-order valence-electron chi connectivity index (χ4n) is 7.37. The van der Waals surface area contributed by atoms with Gasteiger partial charge < -0.3 is 29.3 Å². The first-order valence-electron chi connectivity index (χ1n) is 15.6. The Bertz CT molecular complexity index is 1210. The molecule has 3 fully saturated rings. The van der Waals surface area contributed by atoms with E-state index in [1.807, 2.05) is 58.9 Å². The van der Waals surface area contributed by atoms with Gasteiger partial charge in [0, 0.05) is 37.5 Å². The van der Waals surface area contributed by atoms with E-state index in [0.29, 0.717) is 56.8 Å². The molecule has 2 unspecified atom stereocenters. The predicted molar refractivity (Wildman–Crippen MR) is 167 cm³/mol.